The number of esters is 1. The molecule has 0 saturated heterocycles. The third kappa shape index (κ3) is 57.4. The molecule has 0 aliphatic heterocycles. The Morgan fingerprint density at radius 2 is 0.694 bits per heavy atom. The number of carbonyl (C=O) groups is 2. The maximum Gasteiger partial charge on any atom is 0.305 e. The number of unbranched alkanes of at least 4 members (excludes halogenated alkanes) is 45. The lowest BCUT2D eigenvalue weighted by atomic mass is 10.0. The number of aliphatic hydroxyl groups excluding tert-OH is 2. The molecule has 6 heteroatoms. The van der Waals surface area contributed by atoms with E-state index >= 15 is 0 Å². The molecule has 0 heterocycles. The standard InChI is InChI=1S/C66H125NO5/c1-3-5-7-9-11-13-15-17-19-27-32-36-40-44-48-52-56-60-66(71)72-61-57-53-49-45-41-37-33-29-26-24-22-21-23-25-28-31-35-39-43-47-51-55-59-65(70)67-63(62-68)64(69)58-54-50-46-42-38-34-30-20-18-16-14-12-10-8-6-4-2/h11,13,17,19,54,58,63-64,68-69H,3-10,12,14-16,18,20-53,55-57,59-62H2,1-2H3,(H,67,70)/b13-11-,19-17-,58-54+. The second-order valence-corrected chi connectivity index (χ2v) is 22.1. The highest BCUT2D eigenvalue weighted by atomic mass is 16.5. The van der Waals surface area contributed by atoms with Gasteiger partial charge in [0.15, 0.2) is 0 Å². The van der Waals surface area contributed by atoms with Crippen molar-refractivity contribution in [2.75, 3.05) is 13.2 Å². The first-order chi connectivity index (χ1) is 35.5. The van der Waals surface area contributed by atoms with Gasteiger partial charge in [-0.15, -0.1) is 0 Å². The van der Waals surface area contributed by atoms with Crippen LogP contribution in [0.1, 0.15) is 348 Å². The second kappa shape index (κ2) is 61.6. The van der Waals surface area contributed by atoms with Crippen molar-refractivity contribution in [3.05, 3.63) is 36.5 Å². The lowest BCUT2D eigenvalue weighted by Crippen LogP contribution is -2.45. The summed E-state index contributed by atoms with van der Waals surface area (Å²) in [6.07, 6.45) is 77.6. The molecule has 0 aromatic rings. The van der Waals surface area contributed by atoms with Crippen molar-refractivity contribution in [2.24, 2.45) is 0 Å². The molecule has 1 amide bonds. The normalized spacial score (nSPS) is 12.8. The van der Waals surface area contributed by atoms with E-state index in [9.17, 15) is 19.8 Å². The van der Waals surface area contributed by atoms with E-state index in [0.29, 0.717) is 19.4 Å². The summed E-state index contributed by atoms with van der Waals surface area (Å²) in [5.41, 5.74) is 0. The number of aliphatic hydroxyl groups is 2. The van der Waals surface area contributed by atoms with Crippen molar-refractivity contribution in [1.82, 2.24) is 5.32 Å². The Bertz CT molecular complexity index is 1170. The molecule has 0 aliphatic carbocycles. The average molecular weight is 1010 g/mol. The van der Waals surface area contributed by atoms with E-state index in [1.807, 2.05) is 6.08 Å². The molecule has 424 valence electrons. The van der Waals surface area contributed by atoms with Crippen LogP contribution in [0, 0.1) is 0 Å². The fourth-order valence-electron chi connectivity index (χ4n) is 9.96. The summed E-state index contributed by atoms with van der Waals surface area (Å²) >= 11 is 0. The van der Waals surface area contributed by atoms with Gasteiger partial charge in [-0.3, -0.25) is 9.59 Å². The molecule has 0 aromatic heterocycles. The first-order valence-electron chi connectivity index (χ1n) is 32.3. The van der Waals surface area contributed by atoms with Crippen molar-refractivity contribution < 1.29 is 24.5 Å². The van der Waals surface area contributed by atoms with Gasteiger partial charge >= 0.3 is 5.97 Å². The Morgan fingerprint density at radius 3 is 1.08 bits per heavy atom. The molecule has 0 fully saturated rings. The third-order valence-electron chi connectivity index (χ3n) is 14.9. The van der Waals surface area contributed by atoms with Crippen LogP contribution in [0.25, 0.3) is 0 Å². The number of hydrogen-bond donors (Lipinski definition) is 3. The van der Waals surface area contributed by atoms with Gasteiger partial charge in [-0.2, -0.15) is 0 Å². The summed E-state index contributed by atoms with van der Waals surface area (Å²) in [4.78, 5) is 24.6. The van der Waals surface area contributed by atoms with Gasteiger partial charge in [0.05, 0.1) is 25.4 Å². The molecule has 3 N–H and O–H groups in total. The quantitative estimate of drug-likeness (QED) is 0.0320. The van der Waals surface area contributed by atoms with Crippen molar-refractivity contribution in [1.29, 1.82) is 0 Å². The predicted octanol–water partition coefficient (Wildman–Crippen LogP) is 20.4. The second-order valence-electron chi connectivity index (χ2n) is 22.1. The van der Waals surface area contributed by atoms with E-state index in [1.54, 1.807) is 6.08 Å². The smallest absolute Gasteiger partial charge is 0.305 e. The maximum absolute atomic E-state index is 12.5. The Hall–Kier alpha value is -1.92. The van der Waals surface area contributed by atoms with Crippen molar-refractivity contribution >= 4 is 11.9 Å². The van der Waals surface area contributed by atoms with Gasteiger partial charge in [0, 0.05) is 12.8 Å². The number of amides is 1. The summed E-state index contributed by atoms with van der Waals surface area (Å²) in [6, 6.07) is -0.628. The largest absolute Gasteiger partial charge is 0.466 e. The Labute approximate surface area is 449 Å². The predicted molar refractivity (Wildman–Crippen MR) is 315 cm³/mol. The monoisotopic (exact) mass is 1010 g/mol. The minimum Gasteiger partial charge on any atom is -0.466 e. The molecule has 2 atom stereocenters. The fraction of sp³-hybridized carbons (Fsp3) is 0.879. The van der Waals surface area contributed by atoms with E-state index in [2.05, 4.69) is 43.5 Å². The summed E-state index contributed by atoms with van der Waals surface area (Å²) in [6.45, 7) is 4.89. The number of hydrogen-bond acceptors (Lipinski definition) is 5. The molecule has 0 radical (unpaired) electrons. The van der Waals surface area contributed by atoms with E-state index in [-0.39, 0.29) is 18.5 Å². The summed E-state index contributed by atoms with van der Waals surface area (Å²) in [5, 5.41) is 23.2. The average Bonchev–Trinajstić information content (AvgIpc) is 3.38. The van der Waals surface area contributed by atoms with E-state index < -0.39 is 12.1 Å². The van der Waals surface area contributed by atoms with Crippen LogP contribution in [0.15, 0.2) is 36.5 Å². The molecular formula is C66H125NO5. The summed E-state index contributed by atoms with van der Waals surface area (Å²) in [5.74, 6) is -0.0613. The number of carbonyl (C=O) groups excluding carboxylic acids is 2. The lowest BCUT2D eigenvalue weighted by Gasteiger charge is -2.20. The van der Waals surface area contributed by atoms with Gasteiger partial charge in [0.25, 0.3) is 0 Å². The Kier molecular flexibility index (Phi) is 60.0. The molecule has 6 nitrogen and oxygen atoms in total. The van der Waals surface area contributed by atoms with Crippen LogP contribution < -0.4 is 5.32 Å². The molecule has 0 rings (SSSR count). The number of allylic oxidation sites excluding steroid dienone is 5. The van der Waals surface area contributed by atoms with Crippen LogP contribution >= 0.6 is 0 Å². The molecule has 0 bridgehead atoms. The van der Waals surface area contributed by atoms with Gasteiger partial charge in [-0.1, -0.05) is 307 Å². The first-order valence-corrected chi connectivity index (χ1v) is 32.3. The molecule has 0 saturated carbocycles. The SMILES string of the molecule is CCCCC/C=C\C/C=C\CCCCCCCCCC(=O)OCCCCCCCCCCCCCCCCCCCCCCCCC(=O)NC(CO)C(O)/C=C/CCCCCCCCCCCCCCCC. The Balaban J connectivity index is 3.40. The van der Waals surface area contributed by atoms with Gasteiger partial charge in [0.1, 0.15) is 0 Å². The first kappa shape index (κ1) is 70.1. The molecule has 0 aromatic carbocycles. The molecule has 72 heavy (non-hydrogen) atoms. The van der Waals surface area contributed by atoms with Crippen molar-refractivity contribution in [2.45, 2.75) is 360 Å². The number of ether oxygens (including phenoxy) is 1. The van der Waals surface area contributed by atoms with Crippen LogP contribution in [0.2, 0.25) is 0 Å². The van der Waals surface area contributed by atoms with Crippen LogP contribution in [0.5, 0.6) is 0 Å². The van der Waals surface area contributed by atoms with Gasteiger partial charge < -0.3 is 20.3 Å². The highest BCUT2D eigenvalue weighted by Gasteiger charge is 2.18. The molecular weight excluding hydrogens is 887 g/mol. The van der Waals surface area contributed by atoms with Crippen LogP contribution in [-0.4, -0.2) is 47.4 Å². The minimum atomic E-state index is -0.845. The summed E-state index contributed by atoms with van der Waals surface area (Å²) in [7, 11) is 0. The van der Waals surface area contributed by atoms with Gasteiger partial charge in [-0.05, 0) is 64.2 Å². The van der Waals surface area contributed by atoms with Gasteiger partial charge in [0.2, 0.25) is 5.91 Å². The highest BCUT2D eigenvalue weighted by molar-refractivity contribution is 5.76. The fourth-order valence-corrected chi connectivity index (χ4v) is 9.96. The third-order valence-corrected chi connectivity index (χ3v) is 14.9. The topological polar surface area (TPSA) is 95.9 Å². The Morgan fingerprint density at radius 1 is 0.389 bits per heavy atom. The maximum atomic E-state index is 12.5. The highest BCUT2D eigenvalue weighted by Crippen LogP contribution is 2.18. The van der Waals surface area contributed by atoms with Gasteiger partial charge in [-0.25, -0.2) is 0 Å². The van der Waals surface area contributed by atoms with E-state index in [4.69, 9.17) is 4.74 Å². The van der Waals surface area contributed by atoms with E-state index in [1.165, 1.54) is 270 Å². The van der Waals surface area contributed by atoms with Crippen LogP contribution in [0.3, 0.4) is 0 Å². The van der Waals surface area contributed by atoms with E-state index in [0.717, 1.165) is 51.4 Å². The molecule has 2 unspecified atom stereocenters. The van der Waals surface area contributed by atoms with Crippen molar-refractivity contribution in [3.63, 3.8) is 0 Å². The zero-order valence-electron chi connectivity index (χ0n) is 48.4. The van der Waals surface area contributed by atoms with Crippen LogP contribution in [0.4, 0.5) is 0 Å². The number of rotatable bonds is 60. The van der Waals surface area contributed by atoms with Crippen molar-refractivity contribution in [3.8, 4) is 0 Å². The molecule has 0 spiro atoms. The zero-order chi connectivity index (χ0) is 52.2. The lowest BCUT2D eigenvalue weighted by molar-refractivity contribution is -0.143. The zero-order valence-corrected chi connectivity index (χ0v) is 48.4. The molecule has 0 aliphatic rings. The minimum absolute atomic E-state index is 0.00514. The number of nitrogens with one attached hydrogen (secondary N) is 1. The summed E-state index contributed by atoms with van der Waals surface area (Å²) < 4.78 is 5.49. The van der Waals surface area contributed by atoms with Crippen LogP contribution in [-0.2, 0) is 14.3 Å².